The maximum Gasteiger partial charge on any atom is 0.284 e. The monoisotopic (exact) mass is 330 g/mol. The van der Waals surface area contributed by atoms with Gasteiger partial charge < -0.3 is 10.0 Å². The van der Waals surface area contributed by atoms with Gasteiger partial charge in [-0.15, -0.1) is 0 Å². The molecule has 0 bridgehead atoms. The molecule has 0 unspecified atom stereocenters. The van der Waals surface area contributed by atoms with Crippen LogP contribution in [0.5, 0.6) is 0 Å². The Morgan fingerprint density at radius 1 is 1.53 bits per heavy atom. The minimum atomic E-state index is -0.749. The number of carbonyl (C=O) groups is 1. The minimum Gasteiger partial charge on any atom is -0.394 e. The van der Waals surface area contributed by atoms with Gasteiger partial charge in [-0.2, -0.15) is 0 Å². The second-order valence-corrected chi connectivity index (χ2v) is 5.52. The van der Waals surface area contributed by atoms with Crippen molar-refractivity contribution < 1.29 is 14.8 Å². The number of rotatable bonds is 4. The van der Waals surface area contributed by atoms with E-state index >= 15 is 0 Å². The molecule has 0 radical (unpaired) electrons. The zero-order chi connectivity index (χ0) is 14.8. The highest BCUT2D eigenvalue weighted by molar-refractivity contribution is 9.10. The third-order valence-corrected chi connectivity index (χ3v) is 3.84. The number of benzene rings is 1. The number of nitrogens with zero attached hydrogens (tertiary/aromatic N) is 2. The number of carbonyl (C=O) groups excluding carboxylic acids is 1. The number of hydrogen-bond donors (Lipinski definition) is 1. The molecule has 1 N–H and O–H groups in total. The lowest BCUT2D eigenvalue weighted by molar-refractivity contribution is -0.385. The number of nitro benzene ring substituents is 1. The summed E-state index contributed by atoms with van der Waals surface area (Å²) in [5, 5.41) is 20.1. The van der Waals surface area contributed by atoms with Gasteiger partial charge in [-0.05, 0) is 35.8 Å². The summed E-state index contributed by atoms with van der Waals surface area (Å²) >= 11 is 3.09. The molecular weight excluding hydrogens is 316 g/mol. The van der Waals surface area contributed by atoms with Crippen LogP contribution in [-0.4, -0.2) is 40.0 Å². The quantitative estimate of drug-likeness (QED) is 0.677. The van der Waals surface area contributed by atoms with Crippen molar-refractivity contribution in [3.63, 3.8) is 0 Å². The molecule has 0 spiro atoms. The number of aliphatic hydroxyl groups excluding tert-OH is 1. The SMILES string of the molecule is CN(C(=O)c1cccc([N+](=O)[O-])c1Br)C(C)(C)CO. The zero-order valence-electron chi connectivity index (χ0n) is 10.9. The molecule has 1 aromatic rings. The molecule has 0 saturated carbocycles. The van der Waals surface area contributed by atoms with Crippen LogP contribution in [0.3, 0.4) is 0 Å². The Kier molecular flexibility index (Phi) is 4.65. The summed E-state index contributed by atoms with van der Waals surface area (Å²) in [5.74, 6) is -0.394. The smallest absolute Gasteiger partial charge is 0.284 e. The van der Waals surface area contributed by atoms with Gasteiger partial charge in [0.2, 0.25) is 0 Å². The van der Waals surface area contributed by atoms with Crippen LogP contribution < -0.4 is 0 Å². The molecule has 104 valence electrons. The molecule has 0 heterocycles. The van der Waals surface area contributed by atoms with Gasteiger partial charge >= 0.3 is 0 Å². The highest BCUT2D eigenvalue weighted by Crippen LogP contribution is 2.30. The predicted octanol–water partition coefficient (Wildman–Crippen LogP) is 2.20. The molecule has 0 aromatic heterocycles. The van der Waals surface area contributed by atoms with E-state index in [1.807, 2.05) is 0 Å². The van der Waals surface area contributed by atoms with Gasteiger partial charge in [0, 0.05) is 13.1 Å². The fourth-order valence-electron chi connectivity index (χ4n) is 1.39. The van der Waals surface area contributed by atoms with E-state index in [4.69, 9.17) is 0 Å². The number of likely N-dealkylation sites (N-methyl/N-ethyl adjacent to an activating group) is 1. The van der Waals surface area contributed by atoms with E-state index < -0.39 is 16.4 Å². The average molecular weight is 331 g/mol. The van der Waals surface area contributed by atoms with Gasteiger partial charge in [0.15, 0.2) is 0 Å². The van der Waals surface area contributed by atoms with Crippen molar-refractivity contribution in [2.45, 2.75) is 19.4 Å². The number of nitro groups is 1. The summed E-state index contributed by atoms with van der Waals surface area (Å²) in [7, 11) is 1.55. The van der Waals surface area contributed by atoms with Crippen molar-refractivity contribution in [3.8, 4) is 0 Å². The first-order valence-electron chi connectivity index (χ1n) is 5.54. The van der Waals surface area contributed by atoms with E-state index in [-0.39, 0.29) is 22.3 Å². The maximum atomic E-state index is 12.3. The Morgan fingerprint density at radius 2 is 2.11 bits per heavy atom. The molecule has 0 saturated heterocycles. The lowest BCUT2D eigenvalue weighted by Crippen LogP contribution is -2.47. The highest BCUT2D eigenvalue weighted by Gasteiger charge is 2.30. The van der Waals surface area contributed by atoms with E-state index in [1.54, 1.807) is 20.9 Å². The van der Waals surface area contributed by atoms with Gasteiger partial charge in [0.05, 0.1) is 22.6 Å². The Bertz CT molecular complexity index is 516. The fraction of sp³-hybridized carbons (Fsp3) is 0.417. The normalized spacial score (nSPS) is 11.2. The first-order valence-corrected chi connectivity index (χ1v) is 6.33. The number of amides is 1. The molecule has 0 atom stereocenters. The molecular formula is C12H15BrN2O4. The molecule has 0 fully saturated rings. The van der Waals surface area contributed by atoms with Gasteiger partial charge in [0.25, 0.3) is 11.6 Å². The third-order valence-electron chi connectivity index (χ3n) is 3.01. The van der Waals surface area contributed by atoms with Crippen LogP contribution in [0.15, 0.2) is 22.7 Å². The summed E-state index contributed by atoms with van der Waals surface area (Å²) in [6.45, 7) is 3.20. The lowest BCUT2D eigenvalue weighted by Gasteiger charge is -2.34. The van der Waals surface area contributed by atoms with Gasteiger partial charge in [-0.3, -0.25) is 14.9 Å². The molecule has 1 aromatic carbocycles. The standard InChI is InChI=1S/C12H15BrN2O4/c1-12(2,7-16)14(3)11(17)8-5-4-6-9(10(8)13)15(18)19/h4-6,16H,7H2,1-3H3. The maximum absolute atomic E-state index is 12.3. The average Bonchev–Trinajstić information content (AvgIpc) is 2.36. The fourth-order valence-corrected chi connectivity index (χ4v) is 1.97. The van der Waals surface area contributed by atoms with Gasteiger partial charge in [-0.1, -0.05) is 6.07 Å². The van der Waals surface area contributed by atoms with Crippen LogP contribution in [0, 0.1) is 10.1 Å². The highest BCUT2D eigenvalue weighted by atomic mass is 79.9. The summed E-state index contributed by atoms with van der Waals surface area (Å²) in [6, 6.07) is 4.28. The Labute approximate surface area is 119 Å². The van der Waals surface area contributed by atoms with Crippen LogP contribution in [0.4, 0.5) is 5.69 Å². The van der Waals surface area contributed by atoms with Crippen LogP contribution in [0.1, 0.15) is 24.2 Å². The van der Waals surface area contributed by atoms with Gasteiger partial charge in [0.1, 0.15) is 4.47 Å². The van der Waals surface area contributed by atoms with Crippen molar-refractivity contribution in [1.82, 2.24) is 4.90 Å². The van der Waals surface area contributed by atoms with Crippen molar-refractivity contribution >= 4 is 27.5 Å². The summed E-state index contributed by atoms with van der Waals surface area (Å²) in [4.78, 5) is 23.9. The van der Waals surface area contributed by atoms with Crippen LogP contribution in [0.25, 0.3) is 0 Å². The molecule has 1 rings (SSSR count). The molecule has 6 nitrogen and oxygen atoms in total. The Hall–Kier alpha value is -1.47. The lowest BCUT2D eigenvalue weighted by atomic mass is 10.0. The molecule has 0 aliphatic heterocycles. The summed E-state index contributed by atoms with van der Waals surface area (Å²) in [5.41, 5.74) is -0.722. The molecule has 1 amide bonds. The summed E-state index contributed by atoms with van der Waals surface area (Å²) < 4.78 is 0.144. The summed E-state index contributed by atoms with van der Waals surface area (Å²) in [6.07, 6.45) is 0. The Morgan fingerprint density at radius 3 is 2.58 bits per heavy atom. The molecule has 19 heavy (non-hydrogen) atoms. The topological polar surface area (TPSA) is 83.7 Å². The van der Waals surface area contributed by atoms with Crippen LogP contribution in [0.2, 0.25) is 0 Å². The van der Waals surface area contributed by atoms with Crippen LogP contribution in [-0.2, 0) is 0 Å². The molecule has 0 aliphatic carbocycles. The first kappa shape index (κ1) is 15.6. The molecule has 0 aliphatic rings. The van der Waals surface area contributed by atoms with Gasteiger partial charge in [-0.25, -0.2) is 0 Å². The molecule has 7 heteroatoms. The van der Waals surface area contributed by atoms with Crippen LogP contribution >= 0.6 is 15.9 Å². The van der Waals surface area contributed by atoms with Crippen molar-refractivity contribution in [2.75, 3.05) is 13.7 Å². The van der Waals surface area contributed by atoms with Crippen molar-refractivity contribution in [1.29, 1.82) is 0 Å². The van der Waals surface area contributed by atoms with E-state index in [0.717, 1.165) is 0 Å². The number of aliphatic hydroxyl groups is 1. The third kappa shape index (κ3) is 3.10. The van der Waals surface area contributed by atoms with Crippen molar-refractivity contribution in [2.24, 2.45) is 0 Å². The second kappa shape index (κ2) is 5.66. The predicted molar refractivity (Wildman–Crippen MR) is 74.1 cm³/mol. The number of halogens is 1. The Balaban J connectivity index is 3.21. The van der Waals surface area contributed by atoms with E-state index in [1.165, 1.54) is 23.1 Å². The van der Waals surface area contributed by atoms with E-state index in [0.29, 0.717) is 0 Å². The second-order valence-electron chi connectivity index (χ2n) is 4.73. The van der Waals surface area contributed by atoms with E-state index in [2.05, 4.69) is 15.9 Å². The number of hydrogen-bond acceptors (Lipinski definition) is 4. The zero-order valence-corrected chi connectivity index (χ0v) is 12.5. The largest absolute Gasteiger partial charge is 0.394 e. The minimum absolute atomic E-state index is 0.144. The van der Waals surface area contributed by atoms with Crippen molar-refractivity contribution in [3.05, 3.63) is 38.3 Å². The van der Waals surface area contributed by atoms with E-state index in [9.17, 15) is 20.0 Å². The first-order chi connectivity index (χ1) is 8.72.